The lowest BCUT2D eigenvalue weighted by molar-refractivity contribution is 0.0809. The highest BCUT2D eigenvalue weighted by Gasteiger charge is 2.13. The van der Waals surface area contributed by atoms with Crippen LogP contribution in [0, 0.1) is 6.92 Å². The lowest BCUT2D eigenvalue weighted by Gasteiger charge is -2.18. The number of hydrogen-bond acceptors (Lipinski definition) is 1. The molecule has 0 aliphatic rings. The largest absolute Gasteiger partial charge is 0.390 e. The molecule has 0 spiro atoms. The maximum Gasteiger partial charge on any atom is 0.0632 e. The molecule has 0 atom stereocenters. The number of aliphatic hydroxyl groups is 1. The van der Waals surface area contributed by atoms with E-state index in [1.54, 1.807) is 13.8 Å². The molecule has 0 aromatic heterocycles. The van der Waals surface area contributed by atoms with Gasteiger partial charge in [-0.1, -0.05) is 24.3 Å². The van der Waals surface area contributed by atoms with Gasteiger partial charge in [-0.3, -0.25) is 0 Å². The standard InChI is InChI=1S/C11H14O/c1-9-6-4-5-7-10(9)8-11(2,3)12/h1,4-7,12H,8H2,2-3H3. The lowest BCUT2D eigenvalue weighted by atomic mass is 9.96. The molecule has 0 saturated carbocycles. The topological polar surface area (TPSA) is 20.2 Å². The van der Waals surface area contributed by atoms with Gasteiger partial charge in [0.15, 0.2) is 0 Å². The molecule has 1 nitrogen and oxygen atoms in total. The van der Waals surface area contributed by atoms with E-state index < -0.39 is 5.60 Å². The Balaban J connectivity index is 2.83. The van der Waals surface area contributed by atoms with E-state index >= 15 is 0 Å². The molecule has 0 fully saturated rings. The number of rotatable bonds is 2. The molecule has 64 valence electrons. The maximum absolute atomic E-state index is 9.54. The summed E-state index contributed by atoms with van der Waals surface area (Å²) in [5.41, 5.74) is 1.07. The van der Waals surface area contributed by atoms with Gasteiger partial charge >= 0.3 is 0 Å². The first-order valence-corrected chi connectivity index (χ1v) is 4.05. The average Bonchev–Trinajstić information content (AvgIpc) is 1.91. The summed E-state index contributed by atoms with van der Waals surface area (Å²) in [6.07, 6.45) is 0.597. The summed E-state index contributed by atoms with van der Waals surface area (Å²) in [5.74, 6) is 0. The third-order valence-corrected chi connectivity index (χ3v) is 1.68. The predicted octanol–water partition coefficient (Wildman–Crippen LogP) is 2.06. The minimum absolute atomic E-state index is 0.597. The van der Waals surface area contributed by atoms with Crippen molar-refractivity contribution in [3.05, 3.63) is 42.3 Å². The van der Waals surface area contributed by atoms with Gasteiger partial charge in [-0.15, -0.1) is 0 Å². The van der Waals surface area contributed by atoms with Gasteiger partial charge in [-0.05, 0) is 31.9 Å². The van der Waals surface area contributed by atoms with Gasteiger partial charge in [0.25, 0.3) is 0 Å². The van der Waals surface area contributed by atoms with Crippen LogP contribution < -0.4 is 0 Å². The average molecular weight is 162 g/mol. The van der Waals surface area contributed by atoms with E-state index in [-0.39, 0.29) is 0 Å². The summed E-state index contributed by atoms with van der Waals surface area (Å²) < 4.78 is 0. The Morgan fingerprint density at radius 1 is 1.33 bits per heavy atom. The van der Waals surface area contributed by atoms with Gasteiger partial charge in [0.05, 0.1) is 5.60 Å². The minimum Gasteiger partial charge on any atom is -0.390 e. The quantitative estimate of drug-likeness (QED) is 0.705. The number of hydrogen-bond donors (Lipinski definition) is 1. The lowest BCUT2D eigenvalue weighted by Crippen LogP contribution is -2.22. The Morgan fingerprint density at radius 2 is 1.92 bits per heavy atom. The Hall–Kier alpha value is -0.820. The molecular formula is C11H14O. The van der Waals surface area contributed by atoms with Crippen LogP contribution in [0.5, 0.6) is 0 Å². The first-order valence-electron chi connectivity index (χ1n) is 4.05. The Bertz CT molecular complexity index is 258. The van der Waals surface area contributed by atoms with E-state index in [4.69, 9.17) is 6.92 Å². The van der Waals surface area contributed by atoms with Crippen molar-refractivity contribution < 1.29 is 5.11 Å². The van der Waals surface area contributed by atoms with Gasteiger partial charge in [0.1, 0.15) is 0 Å². The van der Waals surface area contributed by atoms with Crippen molar-refractivity contribution in [1.82, 2.24) is 0 Å². The third kappa shape index (κ3) is 2.67. The van der Waals surface area contributed by atoms with E-state index in [2.05, 4.69) is 0 Å². The summed E-state index contributed by atoms with van der Waals surface area (Å²) in [6.45, 7) is 9.27. The van der Waals surface area contributed by atoms with Crippen molar-refractivity contribution in [3.63, 3.8) is 0 Å². The summed E-state index contributed by atoms with van der Waals surface area (Å²) in [4.78, 5) is 0. The van der Waals surface area contributed by atoms with E-state index in [0.717, 1.165) is 11.1 Å². The Kier molecular flexibility index (Phi) is 2.53. The van der Waals surface area contributed by atoms with E-state index in [1.165, 1.54) is 0 Å². The van der Waals surface area contributed by atoms with Crippen LogP contribution in [-0.4, -0.2) is 10.7 Å². The van der Waals surface area contributed by atoms with Gasteiger partial charge in [0, 0.05) is 6.42 Å². The second-order valence-electron chi connectivity index (χ2n) is 3.69. The van der Waals surface area contributed by atoms with Crippen LogP contribution in [0.3, 0.4) is 0 Å². The molecule has 0 amide bonds. The molecule has 0 aliphatic heterocycles. The molecule has 1 aromatic rings. The van der Waals surface area contributed by atoms with E-state index in [9.17, 15) is 5.11 Å². The SMILES string of the molecule is [CH]c1ccccc1CC(C)(C)O. The molecule has 2 radical (unpaired) electrons. The summed E-state index contributed by atoms with van der Waals surface area (Å²) in [6, 6.07) is 7.61. The van der Waals surface area contributed by atoms with Crippen molar-refractivity contribution in [2.24, 2.45) is 0 Å². The monoisotopic (exact) mass is 162 g/mol. The van der Waals surface area contributed by atoms with Gasteiger partial charge in [-0.25, -0.2) is 0 Å². The van der Waals surface area contributed by atoms with E-state index in [0.29, 0.717) is 6.42 Å². The van der Waals surface area contributed by atoms with Crippen LogP contribution in [0.15, 0.2) is 24.3 Å². The summed E-state index contributed by atoms with van der Waals surface area (Å²) in [5, 5.41) is 9.54. The molecule has 0 unspecified atom stereocenters. The molecule has 0 saturated heterocycles. The zero-order chi connectivity index (χ0) is 9.19. The summed E-state index contributed by atoms with van der Waals surface area (Å²) >= 11 is 0. The van der Waals surface area contributed by atoms with Gasteiger partial charge < -0.3 is 5.11 Å². The molecule has 0 aliphatic carbocycles. The Morgan fingerprint density at radius 3 is 2.42 bits per heavy atom. The molecule has 1 rings (SSSR count). The number of benzene rings is 1. The molecule has 1 heteroatoms. The fraction of sp³-hybridized carbons (Fsp3) is 0.364. The molecule has 12 heavy (non-hydrogen) atoms. The highest BCUT2D eigenvalue weighted by Crippen LogP contribution is 2.15. The minimum atomic E-state index is -0.685. The van der Waals surface area contributed by atoms with Crippen molar-refractivity contribution in [1.29, 1.82) is 0 Å². The van der Waals surface area contributed by atoms with Crippen LogP contribution >= 0.6 is 0 Å². The maximum atomic E-state index is 9.54. The second-order valence-corrected chi connectivity index (χ2v) is 3.69. The van der Waals surface area contributed by atoms with Gasteiger partial charge in [0.2, 0.25) is 0 Å². The molecule has 0 heterocycles. The van der Waals surface area contributed by atoms with Crippen LogP contribution in [0.2, 0.25) is 0 Å². The second kappa shape index (κ2) is 3.28. The first-order chi connectivity index (χ1) is 5.49. The van der Waals surface area contributed by atoms with Crippen molar-refractivity contribution in [2.45, 2.75) is 25.9 Å². The van der Waals surface area contributed by atoms with Gasteiger partial charge in [-0.2, -0.15) is 0 Å². The van der Waals surface area contributed by atoms with Crippen molar-refractivity contribution in [3.8, 4) is 0 Å². The zero-order valence-electron chi connectivity index (χ0n) is 7.54. The zero-order valence-corrected chi connectivity index (χ0v) is 7.54. The molecule has 0 bridgehead atoms. The molecule has 1 aromatic carbocycles. The fourth-order valence-electron chi connectivity index (χ4n) is 1.16. The fourth-order valence-corrected chi connectivity index (χ4v) is 1.16. The third-order valence-electron chi connectivity index (χ3n) is 1.68. The van der Waals surface area contributed by atoms with Crippen LogP contribution in [0.1, 0.15) is 25.0 Å². The Labute approximate surface area is 74.1 Å². The normalized spacial score (nSPS) is 11.7. The van der Waals surface area contributed by atoms with E-state index in [1.807, 2.05) is 24.3 Å². The molecule has 1 N–H and O–H groups in total. The smallest absolute Gasteiger partial charge is 0.0632 e. The molecular weight excluding hydrogens is 148 g/mol. The van der Waals surface area contributed by atoms with Crippen molar-refractivity contribution >= 4 is 0 Å². The first kappa shape index (κ1) is 9.27. The van der Waals surface area contributed by atoms with Crippen LogP contribution in [0.4, 0.5) is 0 Å². The highest BCUT2D eigenvalue weighted by atomic mass is 16.3. The van der Waals surface area contributed by atoms with Crippen LogP contribution in [-0.2, 0) is 6.42 Å². The van der Waals surface area contributed by atoms with Crippen LogP contribution in [0.25, 0.3) is 0 Å². The van der Waals surface area contributed by atoms with Crippen molar-refractivity contribution in [2.75, 3.05) is 0 Å². The predicted molar refractivity (Wildman–Crippen MR) is 49.8 cm³/mol. The highest BCUT2D eigenvalue weighted by molar-refractivity contribution is 5.30. The summed E-state index contributed by atoms with van der Waals surface area (Å²) in [7, 11) is 0.